The Balaban J connectivity index is 2.43. The van der Waals surface area contributed by atoms with Crippen molar-refractivity contribution in [1.29, 1.82) is 5.26 Å². The zero-order chi connectivity index (χ0) is 12.4. The molecular weight excluding hydrogens is 241 g/mol. The summed E-state index contributed by atoms with van der Waals surface area (Å²) in [5, 5.41) is 13.0. The van der Waals surface area contributed by atoms with Gasteiger partial charge in [0.05, 0.1) is 28.9 Å². The van der Waals surface area contributed by atoms with Crippen molar-refractivity contribution in [2.45, 2.75) is 13.3 Å². The van der Waals surface area contributed by atoms with Crippen molar-refractivity contribution in [3.8, 4) is 11.8 Å². The van der Waals surface area contributed by atoms with E-state index in [1.807, 2.05) is 6.92 Å². The third-order valence-corrected chi connectivity index (χ3v) is 2.73. The molecule has 2 aromatic rings. The van der Waals surface area contributed by atoms with E-state index in [-0.39, 0.29) is 5.02 Å². The molecule has 86 valence electrons. The quantitative estimate of drug-likeness (QED) is 0.821. The molecule has 2 rings (SSSR count). The smallest absolute Gasteiger partial charge is 0.141 e. The zero-order valence-electron chi connectivity index (χ0n) is 9.11. The van der Waals surface area contributed by atoms with Crippen molar-refractivity contribution < 1.29 is 4.39 Å². The first-order chi connectivity index (χ1) is 8.11. The highest BCUT2D eigenvalue weighted by Crippen LogP contribution is 2.19. The Bertz CT molecular complexity index is 598. The fraction of sp³-hybridized carbons (Fsp3) is 0.167. The van der Waals surface area contributed by atoms with Crippen molar-refractivity contribution in [2.24, 2.45) is 0 Å². The van der Waals surface area contributed by atoms with E-state index < -0.39 is 5.82 Å². The van der Waals surface area contributed by atoms with Crippen LogP contribution in [0.1, 0.15) is 11.3 Å². The van der Waals surface area contributed by atoms with E-state index in [0.29, 0.717) is 12.1 Å². The topological polar surface area (TPSA) is 41.6 Å². The number of nitriles is 1. The minimum absolute atomic E-state index is 0.0532. The van der Waals surface area contributed by atoms with Gasteiger partial charge in [-0.2, -0.15) is 10.4 Å². The molecule has 0 atom stereocenters. The third kappa shape index (κ3) is 2.29. The van der Waals surface area contributed by atoms with Gasteiger partial charge in [0.25, 0.3) is 0 Å². The second-order valence-electron chi connectivity index (χ2n) is 3.62. The van der Waals surface area contributed by atoms with Gasteiger partial charge in [-0.25, -0.2) is 9.07 Å². The molecule has 0 spiro atoms. The number of hydrogen-bond donors (Lipinski definition) is 0. The Morgan fingerprint density at radius 1 is 1.53 bits per heavy atom. The molecule has 0 saturated heterocycles. The lowest BCUT2D eigenvalue weighted by Gasteiger charge is -2.01. The number of hydrogen-bond acceptors (Lipinski definition) is 2. The summed E-state index contributed by atoms with van der Waals surface area (Å²) >= 11 is 5.70. The van der Waals surface area contributed by atoms with E-state index in [1.165, 1.54) is 12.1 Å². The van der Waals surface area contributed by atoms with Gasteiger partial charge in [-0.3, -0.25) is 0 Å². The van der Waals surface area contributed by atoms with E-state index in [2.05, 4.69) is 11.2 Å². The monoisotopic (exact) mass is 249 g/mol. The number of aryl methyl sites for hydroxylation is 1. The van der Waals surface area contributed by atoms with Crippen molar-refractivity contribution in [3.63, 3.8) is 0 Å². The van der Waals surface area contributed by atoms with Crippen LogP contribution in [0.4, 0.5) is 4.39 Å². The maximum atomic E-state index is 13.0. The first kappa shape index (κ1) is 11.6. The average molecular weight is 250 g/mol. The Labute approximate surface area is 103 Å². The normalized spacial score (nSPS) is 10.2. The molecule has 1 heterocycles. The molecule has 1 aromatic carbocycles. The second-order valence-corrected chi connectivity index (χ2v) is 4.02. The van der Waals surface area contributed by atoms with E-state index >= 15 is 0 Å². The highest BCUT2D eigenvalue weighted by atomic mass is 35.5. The molecule has 3 nitrogen and oxygen atoms in total. The van der Waals surface area contributed by atoms with Crippen LogP contribution < -0.4 is 0 Å². The molecule has 0 N–H and O–H groups in total. The van der Waals surface area contributed by atoms with Crippen LogP contribution in [0.3, 0.4) is 0 Å². The van der Waals surface area contributed by atoms with Gasteiger partial charge in [0, 0.05) is 11.8 Å². The molecule has 0 unspecified atom stereocenters. The number of rotatable bonds is 2. The van der Waals surface area contributed by atoms with Gasteiger partial charge in [-0.15, -0.1) is 0 Å². The molecule has 0 amide bonds. The summed E-state index contributed by atoms with van der Waals surface area (Å²) in [5.74, 6) is -0.462. The maximum absolute atomic E-state index is 13.0. The fourth-order valence-corrected chi connectivity index (χ4v) is 1.69. The Morgan fingerprint density at radius 3 is 2.94 bits per heavy atom. The number of halogens is 2. The van der Waals surface area contributed by atoms with Crippen LogP contribution in [0, 0.1) is 24.1 Å². The van der Waals surface area contributed by atoms with Crippen LogP contribution in [0.25, 0.3) is 5.69 Å². The van der Waals surface area contributed by atoms with Crippen LogP contribution in [0.2, 0.25) is 5.02 Å². The van der Waals surface area contributed by atoms with E-state index in [1.54, 1.807) is 16.9 Å². The summed E-state index contributed by atoms with van der Waals surface area (Å²) in [4.78, 5) is 0. The summed E-state index contributed by atoms with van der Waals surface area (Å²) in [5.41, 5.74) is 2.31. The average Bonchev–Trinajstić information content (AvgIpc) is 2.65. The van der Waals surface area contributed by atoms with Gasteiger partial charge in [0.1, 0.15) is 5.82 Å². The Morgan fingerprint density at radius 2 is 2.29 bits per heavy atom. The lowest BCUT2D eigenvalue weighted by atomic mass is 10.2. The number of aromatic nitrogens is 2. The summed E-state index contributed by atoms with van der Waals surface area (Å²) in [6, 6.07) is 6.45. The van der Waals surface area contributed by atoms with Gasteiger partial charge >= 0.3 is 0 Å². The second kappa shape index (κ2) is 4.56. The number of nitrogens with zero attached hydrogens (tertiary/aromatic N) is 3. The maximum Gasteiger partial charge on any atom is 0.141 e. The highest BCUT2D eigenvalue weighted by Gasteiger charge is 2.07. The molecule has 0 aliphatic heterocycles. The predicted molar refractivity (Wildman–Crippen MR) is 62.6 cm³/mol. The summed E-state index contributed by atoms with van der Waals surface area (Å²) in [6.45, 7) is 1.83. The van der Waals surface area contributed by atoms with Crippen LogP contribution in [0.5, 0.6) is 0 Å². The van der Waals surface area contributed by atoms with Gasteiger partial charge < -0.3 is 0 Å². The highest BCUT2D eigenvalue weighted by molar-refractivity contribution is 6.30. The van der Waals surface area contributed by atoms with Gasteiger partial charge in [-0.1, -0.05) is 11.6 Å². The minimum atomic E-state index is -0.462. The molecule has 0 bridgehead atoms. The largest absolute Gasteiger partial charge is 0.240 e. The van der Waals surface area contributed by atoms with Crippen LogP contribution in [0.15, 0.2) is 24.4 Å². The van der Waals surface area contributed by atoms with Crippen molar-refractivity contribution in [3.05, 3.63) is 46.5 Å². The lowest BCUT2D eigenvalue weighted by Crippen LogP contribution is -1.95. The third-order valence-electron chi connectivity index (χ3n) is 2.44. The van der Waals surface area contributed by atoms with Crippen molar-refractivity contribution >= 4 is 11.6 Å². The molecular formula is C12H9ClFN3. The minimum Gasteiger partial charge on any atom is -0.240 e. The summed E-state index contributed by atoms with van der Waals surface area (Å²) < 4.78 is 14.6. The summed E-state index contributed by atoms with van der Waals surface area (Å²) in [6.07, 6.45) is 2.06. The molecule has 0 radical (unpaired) electrons. The molecule has 1 aromatic heterocycles. The molecule has 17 heavy (non-hydrogen) atoms. The fourth-order valence-electron chi connectivity index (χ4n) is 1.51. The standard InChI is InChI=1S/C12H9ClFN3/c1-8-9(4-5-15)7-17(16-8)10-2-3-12(14)11(13)6-10/h2-3,6-7H,4H2,1H3. The molecule has 5 heteroatoms. The first-order valence-electron chi connectivity index (χ1n) is 4.99. The van der Waals surface area contributed by atoms with Crippen LogP contribution in [-0.2, 0) is 6.42 Å². The summed E-state index contributed by atoms with van der Waals surface area (Å²) in [7, 11) is 0. The van der Waals surface area contributed by atoms with Gasteiger partial charge in [0.15, 0.2) is 0 Å². The lowest BCUT2D eigenvalue weighted by molar-refractivity contribution is 0.627. The van der Waals surface area contributed by atoms with Crippen molar-refractivity contribution in [2.75, 3.05) is 0 Å². The van der Waals surface area contributed by atoms with Crippen molar-refractivity contribution in [1.82, 2.24) is 9.78 Å². The SMILES string of the molecule is Cc1nn(-c2ccc(F)c(Cl)c2)cc1CC#N. The van der Waals surface area contributed by atoms with Gasteiger partial charge in [0.2, 0.25) is 0 Å². The van der Waals surface area contributed by atoms with E-state index in [9.17, 15) is 4.39 Å². The zero-order valence-corrected chi connectivity index (χ0v) is 9.87. The van der Waals surface area contributed by atoms with E-state index in [0.717, 1.165) is 11.3 Å². The van der Waals surface area contributed by atoms with Gasteiger partial charge in [-0.05, 0) is 25.1 Å². The van der Waals surface area contributed by atoms with Crippen LogP contribution in [-0.4, -0.2) is 9.78 Å². The molecule has 0 aliphatic carbocycles. The first-order valence-corrected chi connectivity index (χ1v) is 5.37. The Hall–Kier alpha value is -1.86. The molecule has 0 aliphatic rings. The van der Waals surface area contributed by atoms with E-state index in [4.69, 9.17) is 16.9 Å². The molecule has 0 saturated carbocycles. The Kier molecular flexibility index (Phi) is 3.12. The number of benzene rings is 1. The molecule has 0 fully saturated rings. The predicted octanol–water partition coefficient (Wildman–Crippen LogP) is 3.04. The van der Waals surface area contributed by atoms with Crippen LogP contribution >= 0.6 is 11.6 Å².